The van der Waals surface area contributed by atoms with Gasteiger partial charge in [-0.15, -0.1) is 0 Å². The van der Waals surface area contributed by atoms with E-state index in [2.05, 4.69) is 19.1 Å². The van der Waals surface area contributed by atoms with Crippen molar-refractivity contribution in [1.82, 2.24) is 0 Å². The molecule has 1 fully saturated rings. The quantitative estimate of drug-likeness (QED) is 0.755. The molecule has 1 aromatic carbocycles. The first kappa shape index (κ1) is 10.5. The molecule has 0 saturated carbocycles. The van der Waals surface area contributed by atoms with Gasteiger partial charge in [0.15, 0.2) is 0 Å². The predicted molar refractivity (Wildman–Crippen MR) is 60.0 cm³/mol. The Morgan fingerprint density at radius 1 is 1.20 bits per heavy atom. The van der Waals surface area contributed by atoms with Crippen LogP contribution in [0.25, 0.3) is 0 Å². The van der Waals surface area contributed by atoms with E-state index in [1.807, 2.05) is 12.1 Å². The average molecular weight is 205 g/mol. The van der Waals surface area contributed by atoms with E-state index >= 15 is 0 Å². The molecular formula is C13H17O2. The van der Waals surface area contributed by atoms with Gasteiger partial charge in [-0.25, -0.2) is 0 Å². The largest absolute Gasteiger partial charge is 0.490 e. The molecular weight excluding hydrogens is 188 g/mol. The molecule has 81 valence electrons. The minimum atomic E-state index is 0.323. The summed E-state index contributed by atoms with van der Waals surface area (Å²) in [7, 11) is 0. The molecule has 0 aliphatic carbocycles. The third-order valence-corrected chi connectivity index (χ3v) is 2.68. The van der Waals surface area contributed by atoms with Crippen LogP contribution in [0.5, 0.6) is 5.75 Å². The van der Waals surface area contributed by atoms with Gasteiger partial charge in [0.05, 0.1) is 13.2 Å². The molecule has 0 N–H and O–H groups in total. The minimum absolute atomic E-state index is 0.323. The molecule has 0 amide bonds. The fourth-order valence-corrected chi connectivity index (χ4v) is 1.72. The molecule has 2 rings (SSSR count). The lowest BCUT2D eigenvalue weighted by Gasteiger charge is -2.23. The molecule has 1 radical (unpaired) electrons. The molecule has 15 heavy (non-hydrogen) atoms. The highest BCUT2D eigenvalue weighted by atomic mass is 16.5. The number of hydrogen-bond donors (Lipinski definition) is 0. The Labute approximate surface area is 91.2 Å². The van der Waals surface area contributed by atoms with Gasteiger partial charge in [0.1, 0.15) is 11.9 Å². The molecule has 2 nitrogen and oxygen atoms in total. The summed E-state index contributed by atoms with van der Waals surface area (Å²) >= 11 is 0. The predicted octanol–water partition coefficient (Wildman–Crippen LogP) is 2.62. The van der Waals surface area contributed by atoms with Crippen molar-refractivity contribution in [2.45, 2.75) is 25.4 Å². The van der Waals surface area contributed by atoms with E-state index in [1.165, 1.54) is 5.56 Å². The van der Waals surface area contributed by atoms with Crippen LogP contribution in [0.15, 0.2) is 24.3 Å². The standard InChI is InChI=1S/C13H17O2/c1-2-11-3-5-12(6-4-11)15-13-7-9-14-10-8-13/h3-6,13H,1-2,7-10H2. The summed E-state index contributed by atoms with van der Waals surface area (Å²) < 4.78 is 11.1. The van der Waals surface area contributed by atoms with E-state index in [1.54, 1.807) is 0 Å². The summed E-state index contributed by atoms with van der Waals surface area (Å²) in [6, 6.07) is 8.19. The van der Waals surface area contributed by atoms with Gasteiger partial charge in [-0.2, -0.15) is 0 Å². The van der Waals surface area contributed by atoms with Gasteiger partial charge in [-0.05, 0) is 31.0 Å². The zero-order valence-corrected chi connectivity index (χ0v) is 8.95. The highest BCUT2D eigenvalue weighted by Gasteiger charge is 2.14. The lowest BCUT2D eigenvalue weighted by atomic mass is 10.1. The summed E-state index contributed by atoms with van der Waals surface area (Å²) in [5.41, 5.74) is 1.24. The van der Waals surface area contributed by atoms with Crippen molar-refractivity contribution in [3.8, 4) is 5.75 Å². The molecule has 1 aliphatic rings. The van der Waals surface area contributed by atoms with E-state index in [0.717, 1.165) is 38.2 Å². The van der Waals surface area contributed by atoms with Crippen LogP contribution in [-0.2, 0) is 11.2 Å². The second-order valence-corrected chi connectivity index (χ2v) is 3.82. The second kappa shape index (κ2) is 5.17. The SMILES string of the molecule is [CH2]Cc1ccc(OC2CCOCC2)cc1. The third kappa shape index (κ3) is 2.96. The smallest absolute Gasteiger partial charge is 0.119 e. The van der Waals surface area contributed by atoms with Gasteiger partial charge in [-0.1, -0.05) is 12.1 Å². The Morgan fingerprint density at radius 3 is 2.47 bits per heavy atom. The lowest BCUT2D eigenvalue weighted by Crippen LogP contribution is -2.25. The maximum Gasteiger partial charge on any atom is 0.119 e. The molecule has 1 heterocycles. The van der Waals surface area contributed by atoms with Crippen LogP contribution in [0, 0.1) is 6.92 Å². The first-order chi connectivity index (χ1) is 7.38. The molecule has 0 unspecified atom stereocenters. The monoisotopic (exact) mass is 205 g/mol. The van der Waals surface area contributed by atoms with Gasteiger partial charge in [0.2, 0.25) is 0 Å². The van der Waals surface area contributed by atoms with Crippen LogP contribution in [0.3, 0.4) is 0 Å². The number of rotatable bonds is 3. The highest BCUT2D eigenvalue weighted by Crippen LogP contribution is 2.18. The zero-order chi connectivity index (χ0) is 10.5. The lowest BCUT2D eigenvalue weighted by molar-refractivity contribution is 0.0255. The van der Waals surface area contributed by atoms with E-state index < -0.39 is 0 Å². The van der Waals surface area contributed by atoms with E-state index in [0.29, 0.717) is 6.10 Å². The van der Waals surface area contributed by atoms with E-state index in [4.69, 9.17) is 9.47 Å². The Bertz CT molecular complexity index is 286. The van der Waals surface area contributed by atoms with Gasteiger partial charge < -0.3 is 9.47 Å². The maximum absolute atomic E-state index is 5.85. The van der Waals surface area contributed by atoms with E-state index in [-0.39, 0.29) is 0 Å². The van der Waals surface area contributed by atoms with Crippen molar-refractivity contribution >= 4 is 0 Å². The van der Waals surface area contributed by atoms with Crippen molar-refractivity contribution in [3.05, 3.63) is 36.8 Å². The normalized spacial score (nSPS) is 17.7. The Morgan fingerprint density at radius 2 is 1.87 bits per heavy atom. The van der Waals surface area contributed by atoms with E-state index in [9.17, 15) is 0 Å². The average Bonchev–Trinajstić information content (AvgIpc) is 2.31. The number of ether oxygens (including phenoxy) is 2. The van der Waals surface area contributed by atoms with Crippen LogP contribution >= 0.6 is 0 Å². The van der Waals surface area contributed by atoms with Crippen LogP contribution in [0.4, 0.5) is 0 Å². The molecule has 2 heteroatoms. The van der Waals surface area contributed by atoms with Gasteiger partial charge in [0, 0.05) is 12.8 Å². The molecule has 1 saturated heterocycles. The summed E-state index contributed by atoms with van der Waals surface area (Å²) in [6.07, 6.45) is 3.15. The zero-order valence-electron chi connectivity index (χ0n) is 8.95. The highest BCUT2D eigenvalue weighted by molar-refractivity contribution is 5.27. The molecule has 1 aromatic rings. The fraction of sp³-hybridized carbons (Fsp3) is 0.462. The van der Waals surface area contributed by atoms with Crippen LogP contribution in [0.1, 0.15) is 18.4 Å². The van der Waals surface area contributed by atoms with Crippen molar-refractivity contribution in [2.24, 2.45) is 0 Å². The van der Waals surface area contributed by atoms with Crippen molar-refractivity contribution < 1.29 is 9.47 Å². The van der Waals surface area contributed by atoms with Crippen LogP contribution in [0.2, 0.25) is 0 Å². The molecule has 0 aromatic heterocycles. The number of hydrogen-bond acceptors (Lipinski definition) is 2. The van der Waals surface area contributed by atoms with Crippen LogP contribution in [-0.4, -0.2) is 19.3 Å². The molecule has 1 aliphatic heterocycles. The van der Waals surface area contributed by atoms with Crippen LogP contribution < -0.4 is 4.74 Å². The Kier molecular flexibility index (Phi) is 3.62. The Balaban J connectivity index is 1.91. The summed E-state index contributed by atoms with van der Waals surface area (Å²) in [4.78, 5) is 0. The molecule has 0 atom stereocenters. The second-order valence-electron chi connectivity index (χ2n) is 3.82. The first-order valence-corrected chi connectivity index (χ1v) is 5.51. The van der Waals surface area contributed by atoms with Gasteiger partial charge in [0.25, 0.3) is 0 Å². The molecule has 0 spiro atoms. The third-order valence-electron chi connectivity index (χ3n) is 2.68. The number of benzene rings is 1. The van der Waals surface area contributed by atoms with Gasteiger partial charge in [-0.3, -0.25) is 0 Å². The van der Waals surface area contributed by atoms with Crippen molar-refractivity contribution in [3.63, 3.8) is 0 Å². The minimum Gasteiger partial charge on any atom is -0.490 e. The molecule has 0 bridgehead atoms. The fourth-order valence-electron chi connectivity index (χ4n) is 1.72. The first-order valence-electron chi connectivity index (χ1n) is 5.51. The summed E-state index contributed by atoms with van der Waals surface area (Å²) in [6.45, 7) is 5.49. The van der Waals surface area contributed by atoms with Crippen molar-refractivity contribution in [1.29, 1.82) is 0 Å². The topological polar surface area (TPSA) is 18.5 Å². The summed E-state index contributed by atoms with van der Waals surface area (Å²) in [5.74, 6) is 0.958. The van der Waals surface area contributed by atoms with Gasteiger partial charge >= 0.3 is 0 Å². The maximum atomic E-state index is 5.85. The Hall–Kier alpha value is -1.02. The van der Waals surface area contributed by atoms with Crippen molar-refractivity contribution in [2.75, 3.05) is 13.2 Å². The summed E-state index contributed by atoms with van der Waals surface area (Å²) in [5, 5.41) is 0.